The fraction of sp³-hybridized carbons (Fsp3) is 0.368. The number of hydrogen-bond donors (Lipinski definition) is 1. The van der Waals surface area contributed by atoms with Gasteiger partial charge in [0.05, 0.1) is 0 Å². The van der Waals surface area contributed by atoms with E-state index in [1.807, 2.05) is 18.2 Å². The minimum Gasteiger partial charge on any atom is -0.396 e. The maximum Gasteiger partial charge on any atom is 0.123 e. The first kappa shape index (κ1) is 16.0. The van der Waals surface area contributed by atoms with Crippen LogP contribution in [0, 0.1) is 5.82 Å². The second-order valence-electron chi connectivity index (χ2n) is 5.94. The molecule has 0 spiro atoms. The van der Waals surface area contributed by atoms with Crippen molar-refractivity contribution in [2.24, 2.45) is 0 Å². The van der Waals surface area contributed by atoms with Crippen LogP contribution in [0.3, 0.4) is 0 Å². The molecule has 0 aromatic heterocycles. The molecule has 1 saturated heterocycles. The quantitative estimate of drug-likeness (QED) is 0.919. The van der Waals surface area contributed by atoms with Gasteiger partial charge in [0.25, 0.3) is 0 Å². The van der Waals surface area contributed by atoms with Crippen LogP contribution in [0.15, 0.2) is 54.6 Å². The van der Waals surface area contributed by atoms with Gasteiger partial charge in [0.15, 0.2) is 0 Å². The Balaban J connectivity index is 1.65. The van der Waals surface area contributed by atoms with E-state index in [1.54, 1.807) is 0 Å². The van der Waals surface area contributed by atoms with E-state index in [2.05, 4.69) is 34.1 Å². The van der Waals surface area contributed by atoms with Crippen LogP contribution in [0.1, 0.15) is 18.0 Å². The fourth-order valence-corrected chi connectivity index (χ4v) is 3.30. The molecular weight excluding hydrogens is 291 g/mol. The fourth-order valence-electron chi connectivity index (χ4n) is 3.30. The lowest BCUT2D eigenvalue weighted by molar-refractivity contribution is 0.149. The van der Waals surface area contributed by atoms with Crippen molar-refractivity contribution in [1.82, 2.24) is 4.90 Å². The van der Waals surface area contributed by atoms with Crippen LogP contribution in [0.2, 0.25) is 0 Å². The van der Waals surface area contributed by atoms with Crippen molar-refractivity contribution in [3.8, 4) is 0 Å². The van der Waals surface area contributed by atoms with Gasteiger partial charge in [-0.1, -0.05) is 30.3 Å². The average Bonchev–Trinajstić information content (AvgIpc) is 2.61. The molecule has 0 saturated carbocycles. The van der Waals surface area contributed by atoms with Crippen molar-refractivity contribution in [1.29, 1.82) is 0 Å². The van der Waals surface area contributed by atoms with E-state index in [9.17, 15) is 9.50 Å². The molecule has 0 bridgehead atoms. The van der Waals surface area contributed by atoms with Gasteiger partial charge >= 0.3 is 0 Å². The first-order chi connectivity index (χ1) is 11.3. The van der Waals surface area contributed by atoms with E-state index in [-0.39, 0.29) is 18.5 Å². The van der Waals surface area contributed by atoms with E-state index >= 15 is 0 Å². The van der Waals surface area contributed by atoms with Gasteiger partial charge in [-0.3, -0.25) is 4.90 Å². The molecule has 1 atom stereocenters. The third-order valence-electron chi connectivity index (χ3n) is 4.53. The zero-order valence-corrected chi connectivity index (χ0v) is 13.2. The van der Waals surface area contributed by atoms with E-state index in [0.717, 1.165) is 38.3 Å². The molecule has 0 radical (unpaired) electrons. The van der Waals surface area contributed by atoms with Gasteiger partial charge in [0, 0.05) is 44.5 Å². The molecule has 1 heterocycles. The summed E-state index contributed by atoms with van der Waals surface area (Å²) in [6.07, 6.45) is 0.751. The van der Waals surface area contributed by atoms with Crippen LogP contribution < -0.4 is 4.90 Å². The SMILES string of the molecule is OCC[C@@H](c1ccccc1)N1CCN(c2ccc(F)cc2)CC1. The summed E-state index contributed by atoms with van der Waals surface area (Å²) in [4.78, 5) is 4.72. The molecule has 2 aromatic carbocycles. The first-order valence-corrected chi connectivity index (χ1v) is 8.18. The molecule has 0 amide bonds. The van der Waals surface area contributed by atoms with Gasteiger partial charge in [0.2, 0.25) is 0 Å². The second kappa shape index (κ2) is 7.57. The van der Waals surface area contributed by atoms with Gasteiger partial charge in [-0.2, -0.15) is 0 Å². The highest BCUT2D eigenvalue weighted by atomic mass is 19.1. The number of rotatable bonds is 5. The molecule has 23 heavy (non-hydrogen) atoms. The van der Waals surface area contributed by atoms with Gasteiger partial charge in [-0.05, 0) is 36.2 Å². The summed E-state index contributed by atoms with van der Waals surface area (Å²) in [5.41, 5.74) is 2.33. The molecule has 3 rings (SSSR count). The molecule has 1 aliphatic rings. The standard InChI is InChI=1S/C19H23FN2O/c20-17-6-8-18(9-7-17)21-11-13-22(14-12-21)19(10-15-23)16-4-2-1-3-5-16/h1-9,19,23H,10-15H2/t19-/m0/s1. The molecule has 0 unspecified atom stereocenters. The number of aliphatic hydroxyl groups excluding tert-OH is 1. The maximum atomic E-state index is 13.0. The molecule has 1 fully saturated rings. The van der Waals surface area contributed by atoms with Gasteiger partial charge in [-0.15, -0.1) is 0 Å². The summed E-state index contributed by atoms with van der Waals surface area (Å²) in [5.74, 6) is -0.195. The Bertz CT molecular complexity index is 595. The van der Waals surface area contributed by atoms with Crippen molar-refractivity contribution < 1.29 is 9.50 Å². The van der Waals surface area contributed by atoms with Crippen molar-refractivity contribution in [2.45, 2.75) is 12.5 Å². The van der Waals surface area contributed by atoms with Crippen LogP contribution in [0.25, 0.3) is 0 Å². The summed E-state index contributed by atoms with van der Waals surface area (Å²) >= 11 is 0. The number of benzene rings is 2. The van der Waals surface area contributed by atoms with Crippen LogP contribution in [0.4, 0.5) is 10.1 Å². The molecule has 122 valence electrons. The minimum absolute atomic E-state index is 0.192. The Morgan fingerprint density at radius 2 is 1.57 bits per heavy atom. The topological polar surface area (TPSA) is 26.7 Å². The Labute approximate surface area is 137 Å². The van der Waals surface area contributed by atoms with Crippen molar-refractivity contribution in [3.05, 3.63) is 66.0 Å². The third-order valence-corrected chi connectivity index (χ3v) is 4.53. The van der Waals surface area contributed by atoms with Gasteiger partial charge in [0.1, 0.15) is 5.82 Å². The molecule has 4 heteroatoms. The molecular formula is C19H23FN2O. The van der Waals surface area contributed by atoms with Crippen molar-refractivity contribution in [3.63, 3.8) is 0 Å². The highest BCUT2D eigenvalue weighted by molar-refractivity contribution is 5.46. The molecule has 1 aliphatic heterocycles. The molecule has 1 N–H and O–H groups in total. The molecule has 3 nitrogen and oxygen atoms in total. The monoisotopic (exact) mass is 314 g/mol. The highest BCUT2D eigenvalue weighted by Gasteiger charge is 2.24. The zero-order chi connectivity index (χ0) is 16.1. The summed E-state index contributed by atoms with van der Waals surface area (Å²) in [6, 6.07) is 17.4. The van der Waals surface area contributed by atoms with Crippen molar-refractivity contribution >= 4 is 5.69 Å². The summed E-state index contributed by atoms with van der Waals surface area (Å²) < 4.78 is 13.0. The Morgan fingerprint density at radius 3 is 2.17 bits per heavy atom. The second-order valence-corrected chi connectivity index (χ2v) is 5.94. The summed E-state index contributed by atoms with van der Waals surface area (Å²) in [7, 11) is 0. The normalized spacial score (nSPS) is 17.2. The number of nitrogens with zero attached hydrogens (tertiary/aromatic N) is 2. The number of aliphatic hydroxyl groups is 1. The van der Waals surface area contributed by atoms with Crippen molar-refractivity contribution in [2.75, 3.05) is 37.7 Å². The van der Waals surface area contributed by atoms with E-state index in [1.165, 1.54) is 17.7 Å². The zero-order valence-electron chi connectivity index (χ0n) is 13.2. The summed E-state index contributed by atoms with van der Waals surface area (Å²) in [5, 5.41) is 9.41. The van der Waals surface area contributed by atoms with Crippen LogP contribution >= 0.6 is 0 Å². The Hall–Kier alpha value is -1.91. The lowest BCUT2D eigenvalue weighted by atomic mass is 10.0. The number of anilines is 1. The average molecular weight is 314 g/mol. The Morgan fingerprint density at radius 1 is 0.913 bits per heavy atom. The molecule has 2 aromatic rings. The van der Waals surface area contributed by atoms with Gasteiger partial charge < -0.3 is 10.0 Å². The highest BCUT2D eigenvalue weighted by Crippen LogP contribution is 2.26. The third kappa shape index (κ3) is 3.89. The number of halogens is 1. The Kier molecular flexibility index (Phi) is 5.26. The van der Waals surface area contributed by atoms with E-state index in [0.29, 0.717) is 0 Å². The maximum absolute atomic E-state index is 13.0. The van der Waals surface area contributed by atoms with E-state index in [4.69, 9.17) is 0 Å². The van der Waals surface area contributed by atoms with E-state index < -0.39 is 0 Å². The number of hydrogen-bond acceptors (Lipinski definition) is 3. The predicted molar refractivity (Wildman–Crippen MR) is 91.1 cm³/mol. The predicted octanol–water partition coefficient (Wildman–Crippen LogP) is 3.07. The van der Waals surface area contributed by atoms with Gasteiger partial charge in [-0.25, -0.2) is 4.39 Å². The lowest BCUT2D eigenvalue weighted by Gasteiger charge is -2.40. The lowest BCUT2D eigenvalue weighted by Crippen LogP contribution is -2.47. The summed E-state index contributed by atoms with van der Waals surface area (Å²) in [6.45, 7) is 3.91. The largest absolute Gasteiger partial charge is 0.396 e. The van der Waals surface area contributed by atoms with Crippen LogP contribution in [-0.4, -0.2) is 42.8 Å². The smallest absolute Gasteiger partial charge is 0.123 e. The number of piperazine rings is 1. The first-order valence-electron chi connectivity index (χ1n) is 8.18. The van der Waals surface area contributed by atoms with Crippen LogP contribution in [-0.2, 0) is 0 Å². The van der Waals surface area contributed by atoms with Crippen LogP contribution in [0.5, 0.6) is 0 Å². The minimum atomic E-state index is -0.195. The molecule has 0 aliphatic carbocycles.